The quantitative estimate of drug-likeness (QED) is 0.784. The van der Waals surface area contributed by atoms with Crippen molar-refractivity contribution in [1.82, 2.24) is 0 Å². The molecule has 0 radical (unpaired) electrons. The number of ether oxygens (including phenoxy) is 1. The SMILES string of the molecule is Cc1cc(C)cc(N2CC(CC#N)OC2=O)c1. The lowest BCUT2D eigenvalue weighted by atomic mass is 10.1. The van der Waals surface area contributed by atoms with Gasteiger partial charge in [0.1, 0.15) is 6.10 Å². The number of carbonyl (C=O) groups excluding carboxylic acids is 1. The zero-order chi connectivity index (χ0) is 12.4. The highest BCUT2D eigenvalue weighted by Crippen LogP contribution is 2.24. The van der Waals surface area contributed by atoms with Crippen LogP contribution in [0.5, 0.6) is 0 Å². The Morgan fingerprint density at radius 3 is 2.65 bits per heavy atom. The highest BCUT2D eigenvalue weighted by atomic mass is 16.6. The van der Waals surface area contributed by atoms with E-state index in [1.165, 1.54) is 0 Å². The standard InChI is InChI=1S/C13H14N2O2/c1-9-5-10(2)7-11(6-9)15-8-12(3-4-14)17-13(15)16/h5-7,12H,3,8H2,1-2H3. The molecule has 1 atom stereocenters. The van der Waals surface area contributed by atoms with Crippen LogP contribution in [0.4, 0.5) is 10.5 Å². The van der Waals surface area contributed by atoms with E-state index in [4.69, 9.17) is 10.00 Å². The maximum absolute atomic E-state index is 11.7. The minimum absolute atomic E-state index is 0.243. The van der Waals surface area contributed by atoms with E-state index in [1.807, 2.05) is 32.0 Å². The molecule has 0 bridgehead atoms. The molecule has 17 heavy (non-hydrogen) atoms. The summed E-state index contributed by atoms with van der Waals surface area (Å²) in [5, 5.41) is 8.60. The lowest BCUT2D eigenvalue weighted by molar-refractivity contribution is 0.143. The molecule has 1 aromatic rings. The fourth-order valence-corrected chi connectivity index (χ4v) is 2.05. The van der Waals surface area contributed by atoms with Crippen molar-refractivity contribution in [2.75, 3.05) is 11.4 Å². The molecule has 1 fully saturated rings. The summed E-state index contributed by atoms with van der Waals surface area (Å²) >= 11 is 0. The molecule has 2 rings (SSSR count). The number of rotatable bonds is 2. The number of nitrogens with zero attached hydrogens (tertiary/aromatic N) is 2. The van der Waals surface area contributed by atoms with Gasteiger partial charge in [-0.15, -0.1) is 0 Å². The van der Waals surface area contributed by atoms with E-state index in [1.54, 1.807) is 4.90 Å². The van der Waals surface area contributed by atoms with E-state index in [9.17, 15) is 4.79 Å². The van der Waals surface area contributed by atoms with E-state index in [0.29, 0.717) is 6.54 Å². The summed E-state index contributed by atoms with van der Waals surface area (Å²) in [5.74, 6) is 0. The second-order valence-electron chi connectivity index (χ2n) is 4.32. The van der Waals surface area contributed by atoms with Crippen LogP contribution >= 0.6 is 0 Å². The van der Waals surface area contributed by atoms with Crippen molar-refractivity contribution in [3.05, 3.63) is 29.3 Å². The molecule has 1 saturated heterocycles. The first-order chi connectivity index (χ1) is 8.10. The number of cyclic esters (lactones) is 1. The Kier molecular flexibility index (Phi) is 3.01. The minimum Gasteiger partial charge on any atom is -0.443 e. The molecule has 1 heterocycles. The molecule has 1 aliphatic rings. The van der Waals surface area contributed by atoms with Gasteiger partial charge in [-0.1, -0.05) is 6.07 Å². The summed E-state index contributed by atoms with van der Waals surface area (Å²) in [6.45, 7) is 4.44. The van der Waals surface area contributed by atoms with Crippen molar-refractivity contribution < 1.29 is 9.53 Å². The third-order valence-electron chi connectivity index (χ3n) is 2.71. The highest BCUT2D eigenvalue weighted by molar-refractivity contribution is 5.90. The third kappa shape index (κ3) is 2.39. The number of amides is 1. The van der Waals surface area contributed by atoms with Gasteiger partial charge in [0, 0.05) is 5.69 Å². The van der Waals surface area contributed by atoms with Gasteiger partial charge in [-0.2, -0.15) is 5.26 Å². The number of anilines is 1. The number of hydrogen-bond donors (Lipinski definition) is 0. The maximum atomic E-state index is 11.7. The monoisotopic (exact) mass is 230 g/mol. The molecule has 0 aromatic heterocycles. The van der Waals surface area contributed by atoms with Gasteiger partial charge in [0.05, 0.1) is 19.0 Å². The van der Waals surface area contributed by atoms with Gasteiger partial charge >= 0.3 is 6.09 Å². The molecule has 1 amide bonds. The summed E-state index contributed by atoms with van der Waals surface area (Å²) in [4.78, 5) is 13.3. The van der Waals surface area contributed by atoms with Gasteiger partial charge in [0.25, 0.3) is 0 Å². The van der Waals surface area contributed by atoms with Gasteiger partial charge in [-0.05, 0) is 37.1 Å². The van der Waals surface area contributed by atoms with Crippen LogP contribution in [0, 0.1) is 25.2 Å². The van der Waals surface area contributed by atoms with Crippen LogP contribution in [-0.2, 0) is 4.74 Å². The fraction of sp³-hybridized carbons (Fsp3) is 0.385. The number of carbonyl (C=O) groups is 1. The van der Waals surface area contributed by atoms with Crippen LogP contribution in [0.2, 0.25) is 0 Å². The average Bonchev–Trinajstić information content (AvgIpc) is 2.58. The predicted octanol–water partition coefficient (Wildman–Crippen LogP) is 2.54. The van der Waals surface area contributed by atoms with Crippen LogP contribution in [0.25, 0.3) is 0 Å². The zero-order valence-corrected chi connectivity index (χ0v) is 9.93. The molecule has 1 aliphatic heterocycles. The van der Waals surface area contributed by atoms with Crippen LogP contribution in [0.15, 0.2) is 18.2 Å². The van der Waals surface area contributed by atoms with Crippen molar-refractivity contribution in [3.8, 4) is 6.07 Å². The molecule has 0 aliphatic carbocycles. The predicted molar refractivity (Wildman–Crippen MR) is 63.8 cm³/mol. The highest BCUT2D eigenvalue weighted by Gasteiger charge is 2.32. The Hall–Kier alpha value is -2.02. The van der Waals surface area contributed by atoms with Crippen molar-refractivity contribution in [2.24, 2.45) is 0 Å². The Labute approximate surface area is 100 Å². The van der Waals surface area contributed by atoms with Crippen LogP contribution < -0.4 is 4.90 Å². The lowest BCUT2D eigenvalue weighted by Crippen LogP contribution is -2.24. The first kappa shape index (κ1) is 11.5. The summed E-state index contributed by atoms with van der Waals surface area (Å²) in [6, 6.07) is 7.97. The van der Waals surface area contributed by atoms with Gasteiger partial charge in [-0.3, -0.25) is 4.90 Å². The van der Waals surface area contributed by atoms with E-state index in [2.05, 4.69) is 6.07 Å². The van der Waals surface area contributed by atoms with Gasteiger partial charge < -0.3 is 4.74 Å². The van der Waals surface area contributed by atoms with Crippen molar-refractivity contribution >= 4 is 11.8 Å². The number of benzene rings is 1. The number of aryl methyl sites for hydroxylation is 2. The summed E-state index contributed by atoms with van der Waals surface area (Å²) in [7, 11) is 0. The lowest BCUT2D eigenvalue weighted by Gasteiger charge is -2.14. The van der Waals surface area contributed by atoms with Crippen molar-refractivity contribution in [2.45, 2.75) is 26.4 Å². The van der Waals surface area contributed by atoms with Crippen molar-refractivity contribution in [1.29, 1.82) is 5.26 Å². The largest absolute Gasteiger partial charge is 0.443 e. The summed E-state index contributed by atoms with van der Waals surface area (Å²) in [5.41, 5.74) is 3.06. The normalized spacial score (nSPS) is 19.0. The fourth-order valence-electron chi connectivity index (χ4n) is 2.05. The molecule has 4 heteroatoms. The first-order valence-corrected chi connectivity index (χ1v) is 5.53. The van der Waals surface area contributed by atoms with Crippen LogP contribution in [-0.4, -0.2) is 18.7 Å². The Morgan fingerprint density at radius 1 is 1.41 bits per heavy atom. The second kappa shape index (κ2) is 4.46. The first-order valence-electron chi connectivity index (χ1n) is 5.53. The molecule has 0 N–H and O–H groups in total. The van der Waals surface area contributed by atoms with E-state index in [-0.39, 0.29) is 18.6 Å². The molecule has 1 aromatic carbocycles. The van der Waals surface area contributed by atoms with E-state index >= 15 is 0 Å². The molecule has 4 nitrogen and oxygen atoms in total. The average molecular weight is 230 g/mol. The molecule has 0 saturated carbocycles. The number of hydrogen-bond acceptors (Lipinski definition) is 3. The molecular formula is C13H14N2O2. The zero-order valence-electron chi connectivity index (χ0n) is 9.93. The molecule has 0 spiro atoms. The maximum Gasteiger partial charge on any atom is 0.414 e. The minimum atomic E-state index is -0.366. The topological polar surface area (TPSA) is 53.3 Å². The Morgan fingerprint density at radius 2 is 2.06 bits per heavy atom. The second-order valence-corrected chi connectivity index (χ2v) is 4.32. The Balaban J connectivity index is 2.23. The number of nitriles is 1. The molecular weight excluding hydrogens is 216 g/mol. The molecule has 1 unspecified atom stereocenters. The third-order valence-corrected chi connectivity index (χ3v) is 2.71. The van der Waals surface area contributed by atoms with Crippen LogP contribution in [0.1, 0.15) is 17.5 Å². The smallest absolute Gasteiger partial charge is 0.414 e. The molecule has 88 valence electrons. The van der Waals surface area contributed by atoms with Gasteiger partial charge in [-0.25, -0.2) is 4.79 Å². The van der Waals surface area contributed by atoms with Crippen LogP contribution in [0.3, 0.4) is 0 Å². The summed E-state index contributed by atoms with van der Waals surface area (Å²) < 4.78 is 5.11. The van der Waals surface area contributed by atoms with E-state index < -0.39 is 0 Å². The van der Waals surface area contributed by atoms with Gasteiger partial charge in [0.15, 0.2) is 0 Å². The van der Waals surface area contributed by atoms with Gasteiger partial charge in [0.2, 0.25) is 0 Å². The van der Waals surface area contributed by atoms with Crippen molar-refractivity contribution in [3.63, 3.8) is 0 Å². The van der Waals surface area contributed by atoms with E-state index in [0.717, 1.165) is 16.8 Å². The Bertz CT molecular complexity index is 470. The summed E-state index contributed by atoms with van der Waals surface area (Å²) in [6.07, 6.45) is -0.434.